The van der Waals surface area contributed by atoms with Crippen LogP contribution in [-0.2, 0) is 0 Å². The summed E-state index contributed by atoms with van der Waals surface area (Å²) in [6.45, 7) is 1.88. The Labute approximate surface area is 147 Å². The van der Waals surface area contributed by atoms with Crippen LogP contribution in [0.1, 0.15) is 11.1 Å². The number of aromatic amines is 1. The van der Waals surface area contributed by atoms with E-state index in [-0.39, 0.29) is 5.56 Å². The van der Waals surface area contributed by atoms with E-state index in [4.69, 9.17) is 0 Å². The molecule has 0 atom stereocenters. The second kappa shape index (κ2) is 6.00. The number of hydrogen-bond donors (Lipinski definition) is 2. The molecule has 1 aromatic heterocycles. The summed E-state index contributed by atoms with van der Waals surface area (Å²) in [4.78, 5) is 31.2. The molecule has 0 saturated carbocycles. The highest BCUT2D eigenvalue weighted by atomic mass is 16.3. The van der Waals surface area contributed by atoms with Crippen LogP contribution < -0.4 is 21.8 Å². The van der Waals surface area contributed by atoms with Crippen LogP contribution in [0.25, 0.3) is 17.8 Å². The molecule has 4 rings (SSSR count). The summed E-state index contributed by atoms with van der Waals surface area (Å²) in [7, 11) is 0. The van der Waals surface area contributed by atoms with Crippen LogP contribution in [0.5, 0.6) is 5.88 Å². The maximum absolute atomic E-state index is 12.2. The summed E-state index contributed by atoms with van der Waals surface area (Å²) in [5, 5.41) is 12.3. The molecule has 6 heteroatoms. The van der Waals surface area contributed by atoms with Crippen molar-refractivity contribution in [3.8, 4) is 11.6 Å². The number of hydrogen-bond acceptors (Lipinski definition) is 4. The Hall–Kier alpha value is -3.67. The number of aryl methyl sites for hydroxylation is 1. The van der Waals surface area contributed by atoms with E-state index in [1.165, 1.54) is 6.08 Å². The Bertz CT molecular complexity index is 1260. The highest BCUT2D eigenvalue weighted by molar-refractivity contribution is 5.67. The molecule has 0 aliphatic carbocycles. The fourth-order valence-electron chi connectivity index (χ4n) is 2.94. The normalized spacial score (nSPS) is 14.0. The molecule has 2 N–H and O–H groups in total. The van der Waals surface area contributed by atoms with Gasteiger partial charge in [0.15, 0.2) is 0 Å². The van der Waals surface area contributed by atoms with Gasteiger partial charge in [-0.05, 0) is 42.8 Å². The first-order valence-corrected chi connectivity index (χ1v) is 8.05. The van der Waals surface area contributed by atoms with Gasteiger partial charge in [0.25, 0.3) is 5.56 Å². The number of para-hydroxylation sites is 1. The van der Waals surface area contributed by atoms with Crippen molar-refractivity contribution in [2.75, 3.05) is 0 Å². The van der Waals surface area contributed by atoms with Crippen molar-refractivity contribution in [2.24, 2.45) is 4.99 Å². The third-order valence-corrected chi connectivity index (χ3v) is 4.16. The van der Waals surface area contributed by atoms with Gasteiger partial charge in [0.1, 0.15) is 5.56 Å². The van der Waals surface area contributed by atoms with Gasteiger partial charge < -0.3 is 5.11 Å². The minimum Gasteiger partial charge on any atom is -0.494 e. The number of benzene rings is 2. The van der Waals surface area contributed by atoms with E-state index in [0.29, 0.717) is 11.4 Å². The van der Waals surface area contributed by atoms with E-state index in [1.54, 1.807) is 18.2 Å². The molecule has 2 heterocycles. The summed E-state index contributed by atoms with van der Waals surface area (Å²) < 4.78 is 1.07. The Balaban J connectivity index is 1.93. The Morgan fingerprint density at radius 3 is 2.69 bits per heavy atom. The molecule has 3 aromatic rings. The molecular formula is C20H15N3O3. The van der Waals surface area contributed by atoms with Crippen LogP contribution >= 0.6 is 0 Å². The number of fused-ring (bicyclic) bond motifs is 1. The summed E-state index contributed by atoms with van der Waals surface area (Å²) in [6, 6.07) is 14.6. The van der Waals surface area contributed by atoms with Crippen molar-refractivity contribution >= 4 is 12.2 Å². The number of aromatic hydroxyl groups is 1. The van der Waals surface area contributed by atoms with Gasteiger partial charge in [-0.25, -0.2) is 14.4 Å². The molecular weight excluding hydrogens is 330 g/mol. The zero-order valence-electron chi connectivity index (χ0n) is 13.9. The molecule has 2 aromatic carbocycles. The molecule has 0 amide bonds. The van der Waals surface area contributed by atoms with E-state index in [1.807, 2.05) is 43.3 Å². The molecule has 0 radical (unpaired) electrons. The van der Waals surface area contributed by atoms with Crippen LogP contribution in [-0.4, -0.2) is 14.7 Å². The number of aromatic nitrogens is 2. The zero-order valence-corrected chi connectivity index (χ0v) is 13.9. The van der Waals surface area contributed by atoms with Gasteiger partial charge in [-0.1, -0.05) is 30.3 Å². The molecule has 26 heavy (non-hydrogen) atoms. The summed E-state index contributed by atoms with van der Waals surface area (Å²) in [6.07, 6.45) is 3.29. The van der Waals surface area contributed by atoms with Gasteiger partial charge in [0.2, 0.25) is 5.88 Å². The van der Waals surface area contributed by atoms with Crippen molar-refractivity contribution < 1.29 is 5.11 Å². The van der Waals surface area contributed by atoms with E-state index in [2.05, 4.69) is 9.98 Å². The summed E-state index contributed by atoms with van der Waals surface area (Å²) in [5.41, 5.74) is 0.545. The minimum absolute atomic E-state index is 0.0195. The molecule has 1 aliphatic heterocycles. The van der Waals surface area contributed by atoms with Gasteiger partial charge >= 0.3 is 5.69 Å². The Kier molecular flexibility index (Phi) is 3.65. The maximum Gasteiger partial charge on any atom is 0.335 e. The van der Waals surface area contributed by atoms with Gasteiger partial charge in [-0.15, -0.1) is 0 Å². The number of rotatable bonds is 2. The molecule has 0 unspecified atom stereocenters. The van der Waals surface area contributed by atoms with Gasteiger partial charge in [0, 0.05) is 5.22 Å². The number of nitrogens with one attached hydrogen (secondary N) is 1. The SMILES string of the molecule is Cc1cccc(-n2c(O)c(/C=C3/C=c4ccccc4=N3)c(=O)[nH]c2=O)c1. The predicted molar refractivity (Wildman–Crippen MR) is 98.7 cm³/mol. The lowest BCUT2D eigenvalue weighted by Crippen LogP contribution is -2.30. The second-order valence-electron chi connectivity index (χ2n) is 6.06. The molecule has 0 spiro atoms. The largest absolute Gasteiger partial charge is 0.494 e. The maximum atomic E-state index is 12.2. The predicted octanol–water partition coefficient (Wildman–Crippen LogP) is 0.995. The van der Waals surface area contributed by atoms with Crippen LogP contribution in [0.2, 0.25) is 0 Å². The van der Waals surface area contributed by atoms with Crippen LogP contribution in [0.15, 0.2) is 68.8 Å². The lowest BCUT2D eigenvalue weighted by molar-refractivity contribution is 0.429. The smallest absolute Gasteiger partial charge is 0.335 e. The van der Waals surface area contributed by atoms with Gasteiger partial charge in [-0.3, -0.25) is 9.78 Å². The van der Waals surface area contributed by atoms with Crippen LogP contribution in [0.4, 0.5) is 0 Å². The van der Waals surface area contributed by atoms with Crippen molar-refractivity contribution in [2.45, 2.75) is 6.92 Å². The molecule has 128 valence electrons. The monoisotopic (exact) mass is 345 g/mol. The van der Waals surface area contributed by atoms with Gasteiger partial charge in [-0.2, -0.15) is 0 Å². The van der Waals surface area contributed by atoms with Crippen molar-refractivity contribution in [1.29, 1.82) is 0 Å². The third-order valence-electron chi connectivity index (χ3n) is 4.16. The summed E-state index contributed by atoms with van der Waals surface area (Å²) >= 11 is 0. The van der Waals surface area contributed by atoms with Crippen molar-refractivity contribution in [3.05, 3.63) is 96.8 Å². The molecule has 0 fully saturated rings. The van der Waals surface area contributed by atoms with Crippen molar-refractivity contribution in [3.63, 3.8) is 0 Å². The fourth-order valence-corrected chi connectivity index (χ4v) is 2.94. The van der Waals surface area contributed by atoms with E-state index >= 15 is 0 Å². The topological polar surface area (TPSA) is 87.4 Å². The minimum atomic E-state index is -0.698. The third kappa shape index (κ3) is 2.67. The lowest BCUT2D eigenvalue weighted by atomic mass is 10.2. The first kappa shape index (κ1) is 15.8. The van der Waals surface area contributed by atoms with Crippen LogP contribution in [0.3, 0.4) is 0 Å². The zero-order chi connectivity index (χ0) is 18.3. The number of allylic oxidation sites excluding steroid dienone is 1. The molecule has 1 aliphatic rings. The lowest BCUT2D eigenvalue weighted by Gasteiger charge is -2.10. The number of H-pyrrole nitrogens is 1. The Morgan fingerprint density at radius 1 is 1.12 bits per heavy atom. The molecule has 6 nitrogen and oxygen atoms in total. The van der Waals surface area contributed by atoms with E-state index in [0.717, 1.165) is 20.7 Å². The standard InChI is InChI=1S/C20H15N3O3/c1-12-5-4-7-15(9-12)23-19(25)16(18(24)22-20(23)26)11-14-10-13-6-2-3-8-17(13)21-14/h2-11,25H,1H3,(H,22,24,26)/b14-11-. The van der Waals surface area contributed by atoms with Gasteiger partial charge in [0.05, 0.1) is 16.7 Å². The molecule has 0 bridgehead atoms. The summed E-state index contributed by atoms with van der Waals surface area (Å²) in [5.74, 6) is -0.420. The highest BCUT2D eigenvalue weighted by Crippen LogP contribution is 2.20. The van der Waals surface area contributed by atoms with E-state index in [9.17, 15) is 14.7 Å². The van der Waals surface area contributed by atoms with Crippen LogP contribution in [0, 0.1) is 6.92 Å². The molecule has 0 saturated heterocycles. The Morgan fingerprint density at radius 2 is 1.92 bits per heavy atom. The fraction of sp³-hybridized carbons (Fsp3) is 0.0500. The van der Waals surface area contributed by atoms with E-state index < -0.39 is 17.1 Å². The first-order valence-electron chi connectivity index (χ1n) is 8.05. The second-order valence-corrected chi connectivity index (χ2v) is 6.06. The average molecular weight is 345 g/mol. The number of nitrogens with zero attached hydrogens (tertiary/aromatic N) is 2. The van der Waals surface area contributed by atoms with Crippen molar-refractivity contribution in [1.82, 2.24) is 9.55 Å². The first-order chi connectivity index (χ1) is 12.5. The highest BCUT2D eigenvalue weighted by Gasteiger charge is 2.15. The average Bonchev–Trinajstić information content (AvgIpc) is 3.01. The quantitative estimate of drug-likeness (QED) is 0.726.